The van der Waals surface area contributed by atoms with Crippen LogP contribution in [-0.2, 0) is 20.1 Å². The maximum atomic E-state index is 13.4. The summed E-state index contributed by atoms with van der Waals surface area (Å²) in [6.07, 6.45) is 25.3. The maximum Gasteiger partial charge on any atom is 0.229 e. The first-order valence-corrected chi connectivity index (χ1v) is 55.2. The maximum absolute atomic E-state index is 13.4. The molecule has 1 spiro atoms. The number of ether oxygens (including phenoxy) is 3. The first-order chi connectivity index (χ1) is 64.0. The minimum Gasteiger partial charge on any atom is -0.494 e. The summed E-state index contributed by atoms with van der Waals surface area (Å²) in [6.45, 7) is 30.5. The highest BCUT2D eigenvalue weighted by Crippen LogP contribution is 2.48. The van der Waals surface area contributed by atoms with Crippen LogP contribution in [0.1, 0.15) is 63.9 Å². The predicted molar refractivity (Wildman–Crippen MR) is 550 cm³/mol. The average molecular weight is 2010 g/mol. The largest absolute Gasteiger partial charge is 0.494 e. The topological polar surface area (TPSA) is 332 Å². The lowest BCUT2D eigenvalue weighted by atomic mass is 9.71. The van der Waals surface area contributed by atoms with Crippen molar-refractivity contribution in [1.29, 1.82) is 0 Å². The molecule has 32 nitrogen and oxygen atoms in total. The third-order valence-electron chi connectivity index (χ3n) is 26.3. The monoisotopic (exact) mass is 2010 g/mol. The number of likely N-dealkylation sites (tertiary alicyclic amines) is 1. The first kappa shape index (κ1) is 96.1. The van der Waals surface area contributed by atoms with Gasteiger partial charge in [0.05, 0.1) is 103 Å². The van der Waals surface area contributed by atoms with Gasteiger partial charge in [0.2, 0.25) is 17.8 Å². The Morgan fingerprint density at radius 3 is 1.13 bits per heavy atom. The molecule has 0 unspecified atom stereocenters. The number of nitrogens with zero attached hydrogens (tertiary/aromatic N) is 20. The van der Waals surface area contributed by atoms with E-state index in [1.165, 1.54) is 82.2 Å². The lowest BCUT2D eigenvalue weighted by molar-refractivity contribution is 0.0944. The lowest BCUT2D eigenvalue weighted by Crippen LogP contribution is -2.52. The number of aryl methyl sites for hydroxylation is 1. The number of fused-ring (bicyclic) bond motifs is 3. The normalized spacial score (nSPS) is 17.1. The molecule has 38 heteroatoms. The molecule has 6 aromatic heterocycles. The summed E-state index contributed by atoms with van der Waals surface area (Å²) < 4.78 is 58.9. The van der Waals surface area contributed by atoms with Gasteiger partial charge in [-0.2, -0.15) is 15.0 Å². The van der Waals surface area contributed by atoms with Crippen molar-refractivity contribution in [3.05, 3.63) is 160 Å². The van der Waals surface area contributed by atoms with Gasteiger partial charge in [-0.25, -0.2) is 15.0 Å². The van der Waals surface area contributed by atoms with Gasteiger partial charge in [0, 0.05) is 189 Å². The summed E-state index contributed by atoms with van der Waals surface area (Å²) in [6, 6.07) is 29.2. The van der Waals surface area contributed by atoms with Gasteiger partial charge in [-0.05, 0) is 242 Å². The van der Waals surface area contributed by atoms with Gasteiger partial charge < -0.3 is 89.2 Å². The zero-order valence-electron chi connectivity index (χ0n) is 78.0. The van der Waals surface area contributed by atoms with E-state index in [0.29, 0.717) is 139 Å². The van der Waals surface area contributed by atoms with E-state index in [1.54, 1.807) is 111 Å². The van der Waals surface area contributed by atoms with Crippen molar-refractivity contribution in [1.82, 2.24) is 84.3 Å². The van der Waals surface area contributed by atoms with Crippen molar-refractivity contribution < 1.29 is 27.9 Å². The van der Waals surface area contributed by atoms with E-state index in [1.807, 2.05) is 48.5 Å². The molecule has 6 fully saturated rings. The molecule has 6 aliphatic rings. The number of likely N-dealkylation sites (N-methyl/N-ethyl adjacent to an activating group) is 2. The summed E-state index contributed by atoms with van der Waals surface area (Å²) in [5.74, 6) is 4.75. The predicted octanol–water partition coefficient (Wildman–Crippen LogP) is 17.0. The molecule has 6 saturated heterocycles. The fraction of sp³-hybridized carbons (Fsp3) is 0.432. The molecule has 0 bridgehead atoms. The van der Waals surface area contributed by atoms with Gasteiger partial charge in [0.15, 0.2) is 5.82 Å². The summed E-state index contributed by atoms with van der Waals surface area (Å²) in [4.78, 5) is 74.2. The second-order valence-corrected chi connectivity index (χ2v) is 47.9. The number of hydrogen-bond donors (Lipinski definition) is 6. The molecule has 133 heavy (non-hydrogen) atoms. The van der Waals surface area contributed by atoms with Crippen molar-refractivity contribution in [2.75, 3.05) is 234 Å². The Balaban J connectivity index is 0.000000145. The molecule has 0 atom stereocenters. The molecule has 702 valence electrons. The quantitative estimate of drug-likeness (QED) is 0.0306. The Kier molecular flexibility index (Phi) is 30.4. The average Bonchev–Trinajstić information content (AvgIpc) is 0.777. The van der Waals surface area contributed by atoms with Crippen LogP contribution in [0.2, 0.25) is 5.02 Å². The number of rotatable bonds is 24. The lowest BCUT2D eigenvalue weighted by Gasteiger charge is -2.47. The van der Waals surface area contributed by atoms with Crippen molar-refractivity contribution >= 4 is 200 Å². The number of piperidine rings is 4. The number of methoxy groups -OCH3 is 3. The molecule has 6 N–H and O–H groups in total. The molecule has 6 aliphatic heterocycles. The fourth-order valence-corrected chi connectivity index (χ4v) is 23.8. The van der Waals surface area contributed by atoms with E-state index in [2.05, 4.69) is 217 Å². The number of halogens is 3. The minimum atomic E-state index is -2.75. The van der Waals surface area contributed by atoms with Crippen molar-refractivity contribution in [2.24, 2.45) is 5.41 Å². The van der Waals surface area contributed by atoms with Crippen LogP contribution >= 0.6 is 64.9 Å². The zero-order valence-corrected chi connectivity index (χ0v) is 84.6. The second kappa shape index (κ2) is 42.0. The van der Waals surface area contributed by atoms with Crippen LogP contribution in [0, 0.1) is 5.41 Å². The molecule has 0 amide bonds. The molecular formula is C95H120Br2ClN26O6P3. The third kappa shape index (κ3) is 22.9. The zero-order chi connectivity index (χ0) is 93.5. The fourth-order valence-electron chi connectivity index (χ4n) is 18.9. The molecule has 12 aromatic rings. The molecule has 0 radical (unpaired) electrons. The Labute approximate surface area is 800 Å². The molecule has 6 aromatic carbocycles. The number of piperazine rings is 2. The van der Waals surface area contributed by atoms with Crippen LogP contribution in [0.3, 0.4) is 0 Å². The van der Waals surface area contributed by atoms with Crippen LogP contribution in [0.4, 0.5) is 86.5 Å². The molecule has 0 saturated carbocycles. The highest BCUT2D eigenvalue weighted by atomic mass is 79.9. The van der Waals surface area contributed by atoms with Crippen LogP contribution in [0.5, 0.6) is 17.2 Å². The van der Waals surface area contributed by atoms with Crippen LogP contribution in [0.25, 0.3) is 33.1 Å². The van der Waals surface area contributed by atoms with Crippen molar-refractivity contribution in [3.63, 3.8) is 0 Å². The van der Waals surface area contributed by atoms with Crippen molar-refractivity contribution in [2.45, 2.75) is 76.8 Å². The highest BCUT2D eigenvalue weighted by Gasteiger charge is 2.39. The Morgan fingerprint density at radius 2 is 0.737 bits per heavy atom. The molecule has 18 rings (SSSR count). The highest BCUT2D eigenvalue weighted by molar-refractivity contribution is 9.11. The number of anilines is 15. The van der Waals surface area contributed by atoms with Gasteiger partial charge in [-0.15, -0.1) is 0 Å². The number of aromatic nitrogens is 12. The van der Waals surface area contributed by atoms with Gasteiger partial charge in [0.1, 0.15) is 71.9 Å². The summed E-state index contributed by atoms with van der Waals surface area (Å²) in [5, 5.41) is 22.2. The van der Waals surface area contributed by atoms with E-state index in [4.69, 9.17) is 35.8 Å². The van der Waals surface area contributed by atoms with Crippen LogP contribution in [-0.4, -0.2) is 284 Å². The first-order valence-electron chi connectivity index (χ1n) is 45.4. The Morgan fingerprint density at radius 1 is 0.391 bits per heavy atom. The number of nitrogens with one attached hydrogen (secondary N) is 6. The van der Waals surface area contributed by atoms with Crippen LogP contribution in [0.15, 0.2) is 150 Å². The van der Waals surface area contributed by atoms with E-state index in [9.17, 15) is 13.7 Å². The second-order valence-electron chi connectivity index (χ2n) is 36.3. The minimum absolute atomic E-state index is 0.324. The van der Waals surface area contributed by atoms with Crippen LogP contribution < -0.4 is 76.7 Å². The molecule has 12 heterocycles. The van der Waals surface area contributed by atoms with Gasteiger partial charge in [0.25, 0.3) is 0 Å². The van der Waals surface area contributed by atoms with Crippen molar-refractivity contribution in [3.8, 4) is 17.2 Å². The van der Waals surface area contributed by atoms with E-state index >= 15 is 0 Å². The summed E-state index contributed by atoms with van der Waals surface area (Å²) >= 11 is 13.7. The summed E-state index contributed by atoms with van der Waals surface area (Å²) in [5.41, 5.74) is 13.4. The summed E-state index contributed by atoms with van der Waals surface area (Å²) in [7, 11) is 3.49. The SMILES string of the molecule is CCc1cc(Nc2ncc(Br)c(Nc3ccc4nccnc4c3P(C)(C)=O)n2)c(OC)cc1N1CCC2(CCN(C)CC2)CC1.COc1cc(N2CCC(N3CCN(C)CC3)CC2)ccc1Nc1ncc(Br)c(Nc2ccc3nccnc3c2P(C)(C)=O)n1.COc1cc(N2CCC(N3CCN(C)CC3)CC2)ccc1Nc1ncc(Cl)c(Nc2ccc3nccnc3c2P(C)(C)=O)n1. The number of benzene rings is 6. The third-order valence-corrected chi connectivity index (χ3v) is 32.3. The van der Waals surface area contributed by atoms with E-state index in [0.717, 1.165) is 138 Å². The van der Waals surface area contributed by atoms with Gasteiger partial charge in [-0.1, -0.05) is 18.5 Å². The molecule has 0 aliphatic carbocycles. The standard InChI is InChI=1S/C33H42BrN8O2P.C31H39BrN9O2P.C31H39ClN9O2P/c1-6-22-19-26(28(44-3)20-27(22)42-17-11-33(12-18-42)9-15-41(2)16-10-33)39-32-37-21-23(34)31(40-32)38-25-8-7-24-29(36-14-13-35-24)30(25)45(4,5)43;2*1-39-15-17-41(18-16-39)21-9-13-40(14-10-21)22-5-6-24(27(19-22)43-2)37-31-35-20-23(32)30(38-31)36-26-8-7-25-28(34-12-11-33-25)29(26)44(3,4)42/h7-8,13-14,19-21H,6,9-12,15-18H2,1-5H3,(H2,37,38,39,40);2*5-8,11-12,19-21H,9-10,13-18H2,1-4H3,(H2,35,36,37,38). The molecular weight excluding hydrogens is 1890 g/mol. The Hall–Kier alpha value is -10.1. The Bertz CT molecular complexity index is 6060. The van der Waals surface area contributed by atoms with E-state index in [-0.39, 0.29) is 0 Å². The smallest absolute Gasteiger partial charge is 0.229 e. The van der Waals surface area contributed by atoms with E-state index < -0.39 is 21.4 Å². The van der Waals surface area contributed by atoms with Gasteiger partial charge in [-0.3, -0.25) is 39.7 Å². The number of hydrogen-bond acceptors (Lipinski definition) is 32. The van der Waals surface area contributed by atoms with Gasteiger partial charge >= 0.3 is 0 Å².